The van der Waals surface area contributed by atoms with Crippen molar-refractivity contribution in [1.82, 2.24) is 9.88 Å². The van der Waals surface area contributed by atoms with Crippen molar-refractivity contribution in [1.29, 1.82) is 0 Å². The number of aliphatic hydroxyl groups is 1. The van der Waals surface area contributed by atoms with Crippen LogP contribution < -0.4 is 10.6 Å². The molecule has 1 amide bonds. The number of hydrogen-bond acceptors (Lipinski definition) is 6. The third-order valence-corrected chi connectivity index (χ3v) is 6.63. The molecule has 2 aromatic rings. The van der Waals surface area contributed by atoms with Gasteiger partial charge in [-0.25, -0.2) is 9.37 Å². The van der Waals surface area contributed by atoms with Crippen LogP contribution in [0.1, 0.15) is 37.8 Å². The van der Waals surface area contributed by atoms with E-state index in [2.05, 4.69) is 20.5 Å². The van der Waals surface area contributed by atoms with Gasteiger partial charge < -0.3 is 25.4 Å². The highest BCUT2D eigenvalue weighted by Crippen LogP contribution is 2.44. The molecule has 1 aromatic heterocycles. The number of benzene rings is 1. The molecule has 0 spiro atoms. The monoisotopic (exact) mass is 464 g/mol. The van der Waals surface area contributed by atoms with E-state index in [-0.39, 0.29) is 12.0 Å². The van der Waals surface area contributed by atoms with Crippen LogP contribution in [0.2, 0.25) is 0 Å². The summed E-state index contributed by atoms with van der Waals surface area (Å²) in [6.07, 6.45) is 5.20. The number of fused-ring (bicyclic) bond motifs is 1. The van der Waals surface area contributed by atoms with Gasteiger partial charge in [-0.05, 0) is 63.1 Å². The van der Waals surface area contributed by atoms with Gasteiger partial charge in [-0.2, -0.15) is 0 Å². The Morgan fingerprint density at radius 2 is 2.06 bits per heavy atom. The molecule has 0 unspecified atom stereocenters. The maximum absolute atomic E-state index is 13.6. The summed E-state index contributed by atoms with van der Waals surface area (Å²) in [7, 11) is 0. The van der Waals surface area contributed by atoms with Crippen molar-refractivity contribution in [2.24, 2.45) is 0 Å². The molecule has 0 bridgehead atoms. The third kappa shape index (κ3) is 4.43. The summed E-state index contributed by atoms with van der Waals surface area (Å²) in [4.78, 5) is 19.5. The van der Waals surface area contributed by atoms with Crippen molar-refractivity contribution in [3.8, 4) is 0 Å². The van der Waals surface area contributed by atoms with Crippen molar-refractivity contribution in [3.63, 3.8) is 0 Å². The summed E-state index contributed by atoms with van der Waals surface area (Å²) in [6.45, 7) is 7.44. The molecule has 34 heavy (non-hydrogen) atoms. The summed E-state index contributed by atoms with van der Waals surface area (Å²) in [5.74, 6) is 0.563. The van der Waals surface area contributed by atoms with Crippen LogP contribution in [0.15, 0.2) is 48.4 Å². The molecule has 0 atom stereocenters. The molecular formula is C26H29FN4O3. The Kier molecular flexibility index (Phi) is 5.87. The zero-order chi connectivity index (χ0) is 23.9. The highest BCUT2D eigenvalue weighted by Gasteiger charge is 2.38. The number of nitrogens with zero attached hydrogens (tertiary/aromatic N) is 2. The van der Waals surface area contributed by atoms with Crippen LogP contribution in [0, 0.1) is 5.82 Å². The lowest BCUT2D eigenvalue weighted by Gasteiger charge is -2.29. The summed E-state index contributed by atoms with van der Waals surface area (Å²) < 4.78 is 19.8. The number of likely N-dealkylation sites (tertiary alicyclic amines) is 1. The van der Waals surface area contributed by atoms with E-state index >= 15 is 0 Å². The highest BCUT2D eigenvalue weighted by atomic mass is 19.1. The summed E-state index contributed by atoms with van der Waals surface area (Å²) >= 11 is 0. The number of piperidine rings is 1. The van der Waals surface area contributed by atoms with Gasteiger partial charge in [-0.3, -0.25) is 4.79 Å². The molecule has 8 heteroatoms. The molecule has 1 saturated heterocycles. The zero-order valence-corrected chi connectivity index (χ0v) is 19.4. The smallest absolute Gasteiger partial charge is 0.260 e. The fourth-order valence-electron chi connectivity index (χ4n) is 4.75. The summed E-state index contributed by atoms with van der Waals surface area (Å²) in [5.41, 5.74) is 2.68. The van der Waals surface area contributed by atoms with Crippen molar-refractivity contribution >= 4 is 28.6 Å². The predicted molar refractivity (Wildman–Crippen MR) is 129 cm³/mol. The minimum Gasteiger partial charge on any atom is -0.482 e. The molecule has 3 N–H and O–H groups in total. The Labute approximate surface area is 198 Å². The van der Waals surface area contributed by atoms with Gasteiger partial charge in [0.05, 0.1) is 17.4 Å². The molecule has 3 aliphatic rings. The van der Waals surface area contributed by atoms with Gasteiger partial charge in [0, 0.05) is 49.1 Å². The summed E-state index contributed by atoms with van der Waals surface area (Å²) in [5, 5.41) is 15.7. The standard InChI is InChI=1S/C26H29FN4O3/c1-26(2)20(14-22(34-26)24-19-5-4-17(27)13-21(19)30-25(24)33)16-3-6-23(29-15-16)28-9-12-31-10-7-18(32)8-11-31/h3-6,13-15,18,32H,7-12H2,1-2H3,(H,28,29)(H,30,33)/b24-22+. The van der Waals surface area contributed by atoms with Gasteiger partial charge in [0.25, 0.3) is 5.91 Å². The number of carbonyl (C=O) groups is 1. The minimum atomic E-state index is -0.652. The summed E-state index contributed by atoms with van der Waals surface area (Å²) in [6, 6.07) is 8.19. The molecule has 7 nitrogen and oxygen atoms in total. The number of aliphatic hydroxyl groups excluding tert-OH is 1. The number of allylic oxidation sites excluding steroid dienone is 1. The lowest BCUT2D eigenvalue weighted by molar-refractivity contribution is -0.111. The largest absolute Gasteiger partial charge is 0.482 e. The first kappa shape index (κ1) is 22.6. The van der Waals surface area contributed by atoms with Crippen LogP contribution in [-0.2, 0) is 9.53 Å². The Balaban J connectivity index is 1.31. The number of pyridine rings is 1. The molecule has 1 fully saturated rings. The first-order valence-corrected chi connectivity index (χ1v) is 11.7. The number of anilines is 2. The van der Waals surface area contributed by atoms with E-state index in [0.29, 0.717) is 22.6 Å². The lowest BCUT2D eigenvalue weighted by atomic mass is 9.93. The van der Waals surface area contributed by atoms with E-state index < -0.39 is 11.4 Å². The number of halogens is 1. The van der Waals surface area contributed by atoms with E-state index in [9.17, 15) is 14.3 Å². The van der Waals surface area contributed by atoms with Crippen molar-refractivity contribution < 1.29 is 19.0 Å². The number of nitrogens with one attached hydrogen (secondary N) is 2. The number of ether oxygens (including phenoxy) is 1. The fraction of sp³-hybridized carbons (Fsp3) is 0.385. The normalized spacial score (nSPS) is 22.2. The van der Waals surface area contributed by atoms with E-state index in [0.717, 1.165) is 56.0 Å². The van der Waals surface area contributed by atoms with Crippen LogP contribution in [0.5, 0.6) is 0 Å². The van der Waals surface area contributed by atoms with Crippen molar-refractivity contribution in [3.05, 3.63) is 65.3 Å². The van der Waals surface area contributed by atoms with Gasteiger partial charge in [-0.1, -0.05) is 0 Å². The lowest BCUT2D eigenvalue weighted by Crippen LogP contribution is -2.38. The van der Waals surface area contributed by atoms with E-state index in [4.69, 9.17) is 4.74 Å². The average Bonchev–Trinajstić information content (AvgIpc) is 3.29. The Morgan fingerprint density at radius 1 is 1.26 bits per heavy atom. The Bertz CT molecular complexity index is 1170. The van der Waals surface area contributed by atoms with Gasteiger partial charge in [0.15, 0.2) is 0 Å². The quantitative estimate of drug-likeness (QED) is 0.586. The van der Waals surface area contributed by atoms with Crippen LogP contribution >= 0.6 is 0 Å². The molecule has 1 aromatic carbocycles. The SMILES string of the molecule is CC1(C)O/C(=C2/C(=O)Nc3cc(F)ccc32)C=C1c1ccc(NCCN2CCC(O)CC2)nc1. The number of hydrogen-bond donors (Lipinski definition) is 3. The number of amides is 1. The van der Waals surface area contributed by atoms with Gasteiger partial charge in [0.1, 0.15) is 23.0 Å². The minimum absolute atomic E-state index is 0.159. The molecule has 178 valence electrons. The number of carbonyl (C=O) groups excluding carboxylic acids is 1. The Hall–Kier alpha value is -3.23. The molecule has 0 saturated carbocycles. The molecule has 4 heterocycles. The zero-order valence-electron chi connectivity index (χ0n) is 19.4. The first-order chi connectivity index (χ1) is 16.3. The van der Waals surface area contributed by atoms with Gasteiger partial charge in [0.2, 0.25) is 0 Å². The van der Waals surface area contributed by atoms with Crippen LogP contribution in [-0.4, -0.2) is 58.8 Å². The average molecular weight is 465 g/mol. The van der Waals surface area contributed by atoms with Crippen molar-refractivity contribution in [2.75, 3.05) is 36.8 Å². The topological polar surface area (TPSA) is 86.7 Å². The predicted octanol–water partition coefficient (Wildman–Crippen LogP) is 3.64. The molecule has 0 aliphatic carbocycles. The van der Waals surface area contributed by atoms with Gasteiger partial charge in [-0.15, -0.1) is 0 Å². The van der Waals surface area contributed by atoms with Crippen LogP contribution in [0.4, 0.5) is 15.9 Å². The van der Waals surface area contributed by atoms with E-state index in [1.807, 2.05) is 38.3 Å². The van der Waals surface area contributed by atoms with Crippen molar-refractivity contribution in [2.45, 2.75) is 38.4 Å². The number of rotatable bonds is 5. The maximum atomic E-state index is 13.6. The maximum Gasteiger partial charge on any atom is 0.260 e. The van der Waals surface area contributed by atoms with Crippen LogP contribution in [0.3, 0.4) is 0 Å². The molecule has 0 radical (unpaired) electrons. The fourth-order valence-corrected chi connectivity index (χ4v) is 4.75. The molecule has 5 rings (SSSR count). The molecule has 3 aliphatic heterocycles. The highest BCUT2D eigenvalue weighted by molar-refractivity contribution is 6.32. The van der Waals surface area contributed by atoms with Crippen LogP contribution in [0.25, 0.3) is 11.1 Å². The Morgan fingerprint density at radius 3 is 2.79 bits per heavy atom. The van der Waals surface area contributed by atoms with E-state index in [1.165, 1.54) is 12.1 Å². The molecular weight excluding hydrogens is 435 g/mol. The third-order valence-electron chi connectivity index (χ3n) is 6.63. The second-order valence-electron chi connectivity index (χ2n) is 9.49. The number of aromatic nitrogens is 1. The van der Waals surface area contributed by atoms with Gasteiger partial charge >= 0.3 is 0 Å². The first-order valence-electron chi connectivity index (χ1n) is 11.7. The van der Waals surface area contributed by atoms with E-state index in [1.54, 1.807) is 6.07 Å². The second-order valence-corrected chi connectivity index (χ2v) is 9.49. The second kappa shape index (κ2) is 8.85.